The Morgan fingerprint density at radius 1 is 1.36 bits per heavy atom. The highest BCUT2D eigenvalue weighted by Gasteiger charge is 2.27. The summed E-state index contributed by atoms with van der Waals surface area (Å²) in [7, 11) is 0. The summed E-state index contributed by atoms with van der Waals surface area (Å²) in [6.07, 6.45) is 0.942. The van der Waals surface area contributed by atoms with E-state index in [2.05, 4.69) is 35.1 Å². The highest BCUT2D eigenvalue weighted by Crippen LogP contribution is 2.23. The Morgan fingerprint density at radius 2 is 2.14 bits per heavy atom. The van der Waals surface area contributed by atoms with Crippen molar-refractivity contribution in [1.82, 2.24) is 20.5 Å². The molecule has 2 aromatic rings. The lowest BCUT2D eigenvalue weighted by molar-refractivity contribution is -0.133. The van der Waals surface area contributed by atoms with E-state index in [1.165, 1.54) is 0 Å². The molecule has 1 atom stereocenters. The number of likely N-dealkylation sites (tertiary alicyclic amines) is 1. The Labute approximate surface area is 171 Å². The SMILES string of the molecule is CCNC(=NCc1csc(-c2ccccc2)n1)NC1CCN(C(=O)C(C)C)C1. The molecule has 1 aliphatic rings. The molecule has 150 valence electrons. The van der Waals surface area contributed by atoms with Gasteiger partial charge in [0.1, 0.15) is 5.01 Å². The van der Waals surface area contributed by atoms with Gasteiger partial charge >= 0.3 is 0 Å². The van der Waals surface area contributed by atoms with E-state index >= 15 is 0 Å². The molecule has 1 amide bonds. The lowest BCUT2D eigenvalue weighted by Gasteiger charge is -2.20. The van der Waals surface area contributed by atoms with Crippen molar-refractivity contribution < 1.29 is 4.79 Å². The zero-order chi connectivity index (χ0) is 19.9. The molecule has 1 saturated heterocycles. The van der Waals surface area contributed by atoms with Crippen molar-refractivity contribution in [2.75, 3.05) is 19.6 Å². The first-order valence-electron chi connectivity index (χ1n) is 9.90. The molecule has 1 aromatic carbocycles. The minimum Gasteiger partial charge on any atom is -0.357 e. The van der Waals surface area contributed by atoms with Crippen LogP contribution in [0.15, 0.2) is 40.7 Å². The van der Waals surface area contributed by atoms with Gasteiger partial charge in [-0.2, -0.15) is 0 Å². The van der Waals surface area contributed by atoms with Crippen LogP contribution in [0, 0.1) is 5.92 Å². The number of amides is 1. The molecular formula is C21H29N5OS. The van der Waals surface area contributed by atoms with Gasteiger partial charge in [-0.05, 0) is 13.3 Å². The summed E-state index contributed by atoms with van der Waals surface area (Å²) in [6.45, 7) is 8.81. The number of benzene rings is 1. The maximum atomic E-state index is 12.2. The number of rotatable bonds is 6. The number of nitrogens with zero attached hydrogens (tertiary/aromatic N) is 3. The molecule has 2 heterocycles. The molecule has 1 aromatic heterocycles. The molecule has 0 spiro atoms. The fourth-order valence-corrected chi connectivity index (χ4v) is 4.03. The quantitative estimate of drug-likeness (QED) is 0.578. The van der Waals surface area contributed by atoms with Gasteiger partial charge in [-0.1, -0.05) is 44.2 Å². The van der Waals surface area contributed by atoms with Crippen LogP contribution in [0.25, 0.3) is 10.6 Å². The van der Waals surface area contributed by atoms with Crippen LogP contribution in [0.2, 0.25) is 0 Å². The second-order valence-corrected chi connectivity index (χ2v) is 8.13. The van der Waals surface area contributed by atoms with Crippen LogP contribution >= 0.6 is 11.3 Å². The van der Waals surface area contributed by atoms with Crippen molar-refractivity contribution >= 4 is 23.2 Å². The molecule has 0 radical (unpaired) electrons. The van der Waals surface area contributed by atoms with Crippen molar-refractivity contribution in [3.63, 3.8) is 0 Å². The summed E-state index contributed by atoms with van der Waals surface area (Å²) in [5.74, 6) is 1.05. The molecule has 0 aliphatic carbocycles. The van der Waals surface area contributed by atoms with E-state index in [-0.39, 0.29) is 17.9 Å². The van der Waals surface area contributed by atoms with Crippen LogP contribution in [0.1, 0.15) is 32.9 Å². The molecule has 1 fully saturated rings. The highest BCUT2D eigenvalue weighted by molar-refractivity contribution is 7.13. The van der Waals surface area contributed by atoms with Gasteiger partial charge in [-0.25, -0.2) is 9.98 Å². The van der Waals surface area contributed by atoms with Crippen molar-refractivity contribution in [3.8, 4) is 10.6 Å². The van der Waals surface area contributed by atoms with Crippen molar-refractivity contribution in [2.24, 2.45) is 10.9 Å². The molecular weight excluding hydrogens is 370 g/mol. The summed E-state index contributed by atoms with van der Waals surface area (Å²) in [5.41, 5.74) is 2.10. The summed E-state index contributed by atoms with van der Waals surface area (Å²) >= 11 is 1.64. The van der Waals surface area contributed by atoms with Crippen LogP contribution < -0.4 is 10.6 Å². The zero-order valence-corrected chi connectivity index (χ0v) is 17.6. The van der Waals surface area contributed by atoms with E-state index in [4.69, 9.17) is 9.98 Å². The first-order valence-corrected chi connectivity index (χ1v) is 10.8. The molecule has 2 N–H and O–H groups in total. The average Bonchev–Trinajstić information content (AvgIpc) is 3.36. The maximum absolute atomic E-state index is 12.2. The number of hydrogen-bond donors (Lipinski definition) is 2. The van der Waals surface area contributed by atoms with Gasteiger partial charge in [0.05, 0.1) is 12.2 Å². The van der Waals surface area contributed by atoms with E-state index in [0.717, 1.165) is 48.3 Å². The first-order chi connectivity index (χ1) is 13.6. The molecule has 6 nitrogen and oxygen atoms in total. The Balaban J connectivity index is 1.59. The van der Waals surface area contributed by atoms with E-state index < -0.39 is 0 Å². The van der Waals surface area contributed by atoms with Gasteiger partial charge in [0.2, 0.25) is 5.91 Å². The van der Waals surface area contributed by atoms with Crippen LogP contribution in [0.5, 0.6) is 0 Å². The fraction of sp³-hybridized carbons (Fsp3) is 0.476. The van der Waals surface area contributed by atoms with E-state index in [1.54, 1.807) is 11.3 Å². The molecule has 7 heteroatoms. The molecule has 0 bridgehead atoms. The Kier molecular flexibility index (Phi) is 7.03. The molecule has 1 unspecified atom stereocenters. The zero-order valence-electron chi connectivity index (χ0n) is 16.8. The number of guanidine groups is 1. The molecule has 3 rings (SSSR count). The number of hydrogen-bond acceptors (Lipinski definition) is 4. The van der Waals surface area contributed by atoms with Crippen molar-refractivity contribution in [2.45, 2.75) is 39.8 Å². The summed E-state index contributed by atoms with van der Waals surface area (Å²) in [5, 5.41) is 9.85. The molecule has 1 aliphatic heterocycles. The van der Waals surface area contributed by atoms with E-state index in [9.17, 15) is 4.79 Å². The number of aliphatic imine (C=N–C) groups is 1. The van der Waals surface area contributed by atoms with Gasteiger partial charge in [0.15, 0.2) is 5.96 Å². The van der Waals surface area contributed by atoms with Gasteiger partial charge in [0, 0.05) is 42.5 Å². The predicted octanol–water partition coefficient (Wildman–Crippen LogP) is 3.12. The van der Waals surface area contributed by atoms with Crippen molar-refractivity contribution in [3.05, 3.63) is 41.4 Å². The second kappa shape index (κ2) is 9.68. The summed E-state index contributed by atoms with van der Waals surface area (Å²) in [4.78, 5) is 23.5. The third-order valence-electron chi connectivity index (χ3n) is 4.65. The summed E-state index contributed by atoms with van der Waals surface area (Å²) < 4.78 is 0. The molecule has 0 saturated carbocycles. The average molecular weight is 400 g/mol. The fourth-order valence-electron chi connectivity index (χ4n) is 3.21. The number of thiazole rings is 1. The van der Waals surface area contributed by atoms with E-state index in [0.29, 0.717) is 6.54 Å². The third kappa shape index (κ3) is 5.32. The van der Waals surface area contributed by atoms with Crippen LogP contribution in [0.4, 0.5) is 0 Å². The lowest BCUT2D eigenvalue weighted by Crippen LogP contribution is -2.45. The van der Waals surface area contributed by atoms with Crippen molar-refractivity contribution in [1.29, 1.82) is 0 Å². The number of carbonyl (C=O) groups is 1. The number of nitrogens with one attached hydrogen (secondary N) is 2. The topological polar surface area (TPSA) is 69.6 Å². The van der Waals surface area contributed by atoms with Gasteiger partial charge in [0.25, 0.3) is 0 Å². The Morgan fingerprint density at radius 3 is 2.86 bits per heavy atom. The van der Waals surface area contributed by atoms with E-state index in [1.807, 2.05) is 36.9 Å². The predicted molar refractivity (Wildman–Crippen MR) is 115 cm³/mol. The monoisotopic (exact) mass is 399 g/mol. The van der Waals surface area contributed by atoms with Gasteiger partial charge in [-0.3, -0.25) is 4.79 Å². The minimum atomic E-state index is 0.0455. The number of carbonyl (C=O) groups excluding carboxylic acids is 1. The maximum Gasteiger partial charge on any atom is 0.225 e. The Bertz CT molecular complexity index is 802. The second-order valence-electron chi connectivity index (χ2n) is 7.27. The van der Waals surface area contributed by atoms with Gasteiger partial charge in [-0.15, -0.1) is 11.3 Å². The first kappa shape index (κ1) is 20.3. The smallest absolute Gasteiger partial charge is 0.225 e. The van der Waals surface area contributed by atoms with Crippen LogP contribution in [-0.2, 0) is 11.3 Å². The van der Waals surface area contributed by atoms with Crippen LogP contribution in [0.3, 0.4) is 0 Å². The normalized spacial score (nSPS) is 17.2. The molecule has 28 heavy (non-hydrogen) atoms. The largest absolute Gasteiger partial charge is 0.357 e. The lowest BCUT2D eigenvalue weighted by atomic mass is 10.2. The standard InChI is InChI=1S/C21H29N5OS/c1-4-22-21(25-17-10-11-26(13-17)20(27)15(2)3)23-12-18-14-28-19(24-18)16-8-6-5-7-9-16/h5-9,14-15,17H,4,10-13H2,1-3H3,(H2,22,23,25). The highest BCUT2D eigenvalue weighted by atomic mass is 32.1. The summed E-state index contributed by atoms with van der Waals surface area (Å²) in [6, 6.07) is 10.4. The minimum absolute atomic E-state index is 0.0455. The van der Waals surface area contributed by atoms with Gasteiger partial charge < -0.3 is 15.5 Å². The third-order valence-corrected chi connectivity index (χ3v) is 5.59. The number of aromatic nitrogens is 1. The van der Waals surface area contributed by atoms with Crippen LogP contribution in [-0.4, -0.2) is 47.4 Å². The Hall–Kier alpha value is -2.41.